The number of nitrogens with two attached hydrogens (primary N) is 1. The van der Waals surface area contributed by atoms with Crippen LogP contribution in [-0.4, -0.2) is 15.6 Å². The van der Waals surface area contributed by atoms with E-state index in [4.69, 9.17) is 10.3 Å². The standard InChI is InChI=1S/C25H25N3O2/c1-17(13-14-19-9-5-3-6-10-19)28-18(2)21(25(26)29)15-23(28)22-16-24(30-27-22)20-11-7-4-8-12-20/h3-12,15-17H,13-14H2,1-2H3,(H2,26,29). The van der Waals surface area contributed by atoms with Gasteiger partial charge in [-0.3, -0.25) is 4.79 Å². The molecule has 30 heavy (non-hydrogen) atoms. The lowest BCUT2D eigenvalue weighted by molar-refractivity contribution is 0.0999. The van der Waals surface area contributed by atoms with Crippen LogP contribution in [0.1, 0.15) is 41.0 Å². The van der Waals surface area contributed by atoms with Crippen molar-refractivity contribution in [3.63, 3.8) is 0 Å². The normalized spacial score (nSPS) is 12.1. The lowest BCUT2D eigenvalue weighted by Gasteiger charge is -2.19. The quantitative estimate of drug-likeness (QED) is 0.451. The molecule has 0 aliphatic heterocycles. The summed E-state index contributed by atoms with van der Waals surface area (Å²) in [6.45, 7) is 4.09. The maximum Gasteiger partial charge on any atom is 0.250 e. The Labute approximate surface area is 176 Å². The maximum atomic E-state index is 12.0. The highest BCUT2D eigenvalue weighted by atomic mass is 16.5. The van der Waals surface area contributed by atoms with Crippen molar-refractivity contribution in [3.05, 3.63) is 89.6 Å². The van der Waals surface area contributed by atoms with Gasteiger partial charge in [0.2, 0.25) is 0 Å². The molecule has 4 rings (SSSR count). The number of aromatic nitrogens is 2. The third-order valence-corrected chi connectivity index (χ3v) is 5.52. The van der Waals surface area contributed by atoms with E-state index in [1.165, 1.54) is 5.56 Å². The molecular formula is C25H25N3O2. The molecule has 5 heteroatoms. The Morgan fingerprint density at radius 3 is 2.40 bits per heavy atom. The SMILES string of the molecule is Cc1c(C(N)=O)cc(-c2cc(-c3ccccc3)on2)n1C(C)CCc1ccccc1. The van der Waals surface area contributed by atoms with Crippen LogP contribution in [0.15, 0.2) is 77.3 Å². The topological polar surface area (TPSA) is 74.1 Å². The fourth-order valence-electron chi connectivity index (χ4n) is 3.92. The van der Waals surface area contributed by atoms with E-state index >= 15 is 0 Å². The summed E-state index contributed by atoms with van der Waals surface area (Å²) in [6, 6.07) is 24.1. The van der Waals surface area contributed by atoms with Crippen LogP contribution < -0.4 is 5.73 Å². The van der Waals surface area contributed by atoms with Crippen LogP contribution >= 0.6 is 0 Å². The van der Waals surface area contributed by atoms with E-state index in [9.17, 15) is 4.79 Å². The highest BCUT2D eigenvalue weighted by molar-refractivity contribution is 5.95. The fraction of sp³-hybridized carbons (Fsp3) is 0.200. The van der Waals surface area contributed by atoms with E-state index in [2.05, 4.69) is 40.9 Å². The summed E-state index contributed by atoms with van der Waals surface area (Å²) in [7, 11) is 0. The maximum absolute atomic E-state index is 12.0. The van der Waals surface area contributed by atoms with Gasteiger partial charge in [0.25, 0.3) is 5.91 Å². The van der Waals surface area contributed by atoms with E-state index in [1.807, 2.05) is 55.5 Å². The van der Waals surface area contributed by atoms with Crippen LogP contribution in [0, 0.1) is 6.92 Å². The highest BCUT2D eigenvalue weighted by Gasteiger charge is 2.22. The first-order chi connectivity index (χ1) is 14.5. The minimum atomic E-state index is -0.436. The Bertz CT molecular complexity index is 1140. The van der Waals surface area contributed by atoms with Gasteiger partial charge in [-0.25, -0.2) is 0 Å². The second kappa shape index (κ2) is 8.41. The number of benzene rings is 2. The number of hydrogen-bond acceptors (Lipinski definition) is 3. The van der Waals surface area contributed by atoms with Gasteiger partial charge < -0.3 is 14.8 Å². The lowest BCUT2D eigenvalue weighted by Crippen LogP contribution is -2.14. The van der Waals surface area contributed by atoms with E-state index in [-0.39, 0.29) is 6.04 Å². The molecule has 0 bridgehead atoms. The summed E-state index contributed by atoms with van der Waals surface area (Å²) in [5.41, 5.74) is 10.8. The van der Waals surface area contributed by atoms with Gasteiger partial charge in [-0.05, 0) is 38.3 Å². The van der Waals surface area contributed by atoms with Gasteiger partial charge in [0.1, 0.15) is 5.69 Å². The molecule has 5 nitrogen and oxygen atoms in total. The predicted octanol–water partition coefficient (Wildman–Crippen LogP) is 5.41. The first kappa shape index (κ1) is 19.7. The monoisotopic (exact) mass is 399 g/mol. The Morgan fingerprint density at radius 1 is 1.07 bits per heavy atom. The van der Waals surface area contributed by atoms with E-state index < -0.39 is 5.91 Å². The molecule has 0 aliphatic rings. The van der Waals surface area contributed by atoms with Gasteiger partial charge in [-0.2, -0.15) is 0 Å². The van der Waals surface area contributed by atoms with Crippen molar-refractivity contribution in [2.24, 2.45) is 5.73 Å². The molecule has 2 aromatic carbocycles. The molecule has 0 fully saturated rings. The van der Waals surface area contributed by atoms with Crippen molar-refractivity contribution in [1.82, 2.24) is 9.72 Å². The van der Waals surface area contributed by atoms with Crippen molar-refractivity contribution in [1.29, 1.82) is 0 Å². The zero-order valence-corrected chi connectivity index (χ0v) is 17.2. The highest BCUT2D eigenvalue weighted by Crippen LogP contribution is 2.32. The number of primary amides is 1. The summed E-state index contributed by atoms with van der Waals surface area (Å²) in [4.78, 5) is 12.0. The summed E-state index contributed by atoms with van der Waals surface area (Å²) in [5, 5.41) is 4.29. The van der Waals surface area contributed by atoms with Crippen LogP contribution in [0.3, 0.4) is 0 Å². The van der Waals surface area contributed by atoms with Crippen LogP contribution in [0.2, 0.25) is 0 Å². The average Bonchev–Trinajstić information content (AvgIpc) is 3.38. The lowest BCUT2D eigenvalue weighted by atomic mass is 10.1. The van der Waals surface area contributed by atoms with Crippen LogP contribution in [0.4, 0.5) is 0 Å². The molecule has 2 aromatic heterocycles. The van der Waals surface area contributed by atoms with Crippen molar-refractivity contribution in [2.45, 2.75) is 32.7 Å². The Hall–Kier alpha value is -3.60. The Kier molecular flexibility index (Phi) is 5.53. The predicted molar refractivity (Wildman–Crippen MR) is 118 cm³/mol. The van der Waals surface area contributed by atoms with Crippen molar-refractivity contribution >= 4 is 5.91 Å². The van der Waals surface area contributed by atoms with Gasteiger partial charge in [-0.1, -0.05) is 65.8 Å². The third kappa shape index (κ3) is 3.92. The van der Waals surface area contributed by atoms with Crippen molar-refractivity contribution in [3.8, 4) is 22.7 Å². The van der Waals surface area contributed by atoms with Gasteiger partial charge in [0.05, 0.1) is 11.3 Å². The summed E-state index contributed by atoms with van der Waals surface area (Å²) in [5.74, 6) is 0.253. The number of carbonyl (C=O) groups is 1. The molecule has 2 N–H and O–H groups in total. The smallest absolute Gasteiger partial charge is 0.250 e. The molecule has 0 aliphatic carbocycles. The van der Waals surface area contributed by atoms with Crippen LogP contribution in [0.25, 0.3) is 22.7 Å². The molecule has 0 spiro atoms. The van der Waals surface area contributed by atoms with E-state index in [0.29, 0.717) is 17.0 Å². The van der Waals surface area contributed by atoms with Crippen LogP contribution in [0.5, 0.6) is 0 Å². The zero-order valence-electron chi connectivity index (χ0n) is 17.2. The number of hydrogen-bond donors (Lipinski definition) is 1. The van der Waals surface area contributed by atoms with Gasteiger partial charge in [0, 0.05) is 23.4 Å². The number of nitrogens with zero attached hydrogens (tertiary/aromatic N) is 2. The minimum absolute atomic E-state index is 0.158. The van der Waals surface area contributed by atoms with E-state index in [1.54, 1.807) is 0 Å². The molecule has 1 atom stereocenters. The van der Waals surface area contributed by atoms with Crippen LogP contribution in [-0.2, 0) is 6.42 Å². The number of carbonyl (C=O) groups excluding carboxylic acids is 1. The minimum Gasteiger partial charge on any atom is -0.366 e. The summed E-state index contributed by atoms with van der Waals surface area (Å²) < 4.78 is 7.75. The second-order valence-electron chi connectivity index (χ2n) is 7.58. The molecule has 0 radical (unpaired) electrons. The molecule has 0 saturated carbocycles. The van der Waals surface area contributed by atoms with Gasteiger partial charge in [-0.15, -0.1) is 0 Å². The van der Waals surface area contributed by atoms with Gasteiger partial charge >= 0.3 is 0 Å². The second-order valence-corrected chi connectivity index (χ2v) is 7.58. The average molecular weight is 399 g/mol. The number of amides is 1. The summed E-state index contributed by atoms with van der Waals surface area (Å²) in [6.07, 6.45) is 1.87. The third-order valence-electron chi connectivity index (χ3n) is 5.52. The van der Waals surface area contributed by atoms with Gasteiger partial charge in [0.15, 0.2) is 5.76 Å². The molecule has 0 saturated heterocycles. The molecule has 2 heterocycles. The van der Waals surface area contributed by atoms with E-state index in [0.717, 1.165) is 29.8 Å². The fourth-order valence-corrected chi connectivity index (χ4v) is 3.92. The molecule has 152 valence electrons. The Morgan fingerprint density at radius 2 is 1.73 bits per heavy atom. The zero-order chi connectivity index (χ0) is 21.1. The molecular weight excluding hydrogens is 374 g/mol. The largest absolute Gasteiger partial charge is 0.366 e. The van der Waals surface area contributed by atoms with Crippen molar-refractivity contribution < 1.29 is 9.32 Å². The molecule has 4 aromatic rings. The number of aryl methyl sites for hydroxylation is 1. The number of rotatable bonds is 7. The molecule has 1 unspecified atom stereocenters. The van der Waals surface area contributed by atoms with Crippen molar-refractivity contribution in [2.75, 3.05) is 0 Å². The first-order valence-corrected chi connectivity index (χ1v) is 10.1. The summed E-state index contributed by atoms with van der Waals surface area (Å²) >= 11 is 0. The molecule has 1 amide bonds. The Balaban J connectivity index is 1.68. The first-order valence-electron chi connectivity index (χ1n) is 10.1.